The molecule has 154 valence electrons. The lowest BCUT2D eigenvalue weighted by Gasteiger charge is -2.33. The summed E-state index contributed by atoms with van der Waals surface area (Å²) in [4.78, 5) is 28.9. The first-order valence-electron chi connectivity index (χ1n) is 9.79. The van der Waals surface area contributed by atoms with Crippen LogP contribution in [0, 0.1) is 5.92 Å². The number of hydrogen-bond donors (Lipinski definition) is 3. The number of carbonyl (C=O) groups excluding carboxylic acids is 2. The van der Waals surface area contributed by atoms with Gasteiger partial charge < -0.3 is 20.5 Å². The minimum absolute atomic E-state index is 0.0959. The molecule has 3 N–H and O–H groups in total. The van der Waals surface area contributed by atoms with Crippen molar-refractivity contribution in [3.63, 3.8) is 0 Å². The SMILES string of the molecule is [2H]C([2H])([2H])NC(=O)c1nnc(NC(=O)C2CC(F)(F)C2)cc1Nc1ncccc1[S+](C)[O-]. The zero-order chi connectivity index (χ0) is 23.7. The van der Waals surface area contributed by atoms with Crippen LogP contribution in [0.4, 0.5) is 26.1 Å². The number of pyridine rings is 1. The van der Waals surface area contributed by atoms with Crippen molar-refractivity contribution in [2.75, 3.05) is 23.9 Å². The zero-order valence-corrected chi connectivity index (χ0v) is 15.8. The summed E-state index contributed by atoms with van der Waals surface area (Å²) < 4.78 is 59.6. The van der Waals surface area contributed by atoms with Gasteiger partial charge in [0.2, 0.25) is 11.8 Å². The molecule has 9 nitrogen and oxygen atoms in total. The highest BCUT2D eigenvalue weighted by atomic mass is 32.2. The molecule has 12 heteroatoms. The van der Waals surface area contributed by atoms with E-state index < -0.39 is 60.3 Å². The Morgan fingerprint density at radius 3 is 2.79 bits per heavy atom. The molecular formula is C17H18F2N6O3S. The molecule has 2 aromatic heterocycles. The van der Waals surface area contributed by atoms with Crippen LogP contribution in [-0.4, -0.2) is 50.7 Å². The molecule has 1 aliphatic rings. The predicted octanol–water partition coefficient (Wildman–Crippen LogP) is 1.70. The van der Waals surface area contributed by atoms with E-state index in [1.165, 1.54) is 24.6 Å². The number of hydrogen-bond acceptors (Lipinski definition) is 7. The summed E-state index contributed by atoms with van der Waals surface area (Å²) in [7, 11) is 0. The monoisotopic (exact) mass is 427 g/mol. The van der Waals surface area contributed by atoms with Crippen LogP contribution in [0.2, 0.25) is 0 Å². The second kappa shape index (κ2) is 8.25. The number of nitrogens with zero attached hydrogens (tertiary/aromatic N) is 3. The van der Waals surface area contributed by atoms with Gasteiger partial charge in [-0.1, -0.05) is 0 Å². The Morgan fingerprint density at radius 2 is 2.14 bits per heavy atom. The highest BCUT2D eigenvalue weighted by Crippen LogP contribution is 2.42. The highest BCUT2D eigenvalue weighted by Gasteiger charge is 2.48. The van der Waals surface area contributed by atoms with Crippen LogP contribution >= 0.6 is 0 Å². The number of aromatic nitrogens is 3. The number of alkyl halides is 2. The van der Waals surface area contributed by atoms with Gasteiger partial charge in [0.05, 0.1) is 5.69 Å². The molecule has 0 aromatic carbocycles. The summed E-state index contributed by atoms with van der Waals surface area (Å²) in [6.45, 7) is -2.81. The Hall–Kier alpha value is -2.86. The summed E-state index contributed by atoms with van der Waals surface area (Å²) in [5.41, 5.74) is -0.533. The van der Waals surface area contributed by atoms with E-state index in [1.807, 2.05) is 0 Å². The first-order valence-corrected chi connectivity index (χ1v) is 9.85. The van der Waals surface area contributed by atoms with Gasteiger partial charge >= 0.3 is 0 Å². The van der Waals surface area contributed by atoms with Gasteiger partial charge in [-0.3, -0.25) is 9.59 Å². The molecule has 0 aliphatic heterocycles. The molecule has 2 aromatic rings. The van der Waals surface area contributed by atoms with Crippen LogP contribution < -0.4 is 16.0 Å². The number of rotatable bonds is 6. The minimum atomic E-state index is -2.89. The maximum Gasteiger partial charge on any atom is 0.273 e. The van der Waals surface area contributed by atoms with Crippen LogP contribution in [0.3, 0.4) is 0 Å². The fourth-order valence-corrected chi connectivity index (χ4v) is 3.34. The van der Waals surface area contributed by atoms with Crippen LogP contribution in [0.1, 0.15) is 27.4 Å². The summed E-state index contributed by atoms with van der Waals surface area (Å²) in [5.74, 6) is -5.63. The number of nitrogens with one attached hydrogen (secondary N) is 3. The molecule has 1 saturated carbocycles. The van der Waals surface area contributed by atoms with Crippen LogP contribution in [0.15, 0.2) is 29.3 Å². The summed E-state index contributed by atoms with van der Waals surface area (Å²) in [5, 5.41) is 14.2. The van der Waals surface area contributed by atoms with E-state index >= 15 is 0 Å². The van der Waals surface area contributed by atoms with Gasteiger partial charge in [0.1, 0.15) is 6.26 Å². The fourth-order valence-electron chi connectivity index (χ4n) is 2.69. The smallest absolute Gasteiger partial charge is 0.273 e. The molecule has 1 fully saturated rings. The van der Waals surface area contributed by atoms with Gasteiger partial charge in [-0.15, -0.1) is 10.2 Å². The summed E-state index contributed by atoms with van der Waals surface area (Å²) in [6, 6.07) is 4.25. The average Bonchev–Trinajstić information content (AvgIpc) is 2.65. The van der Waals surface area contributed by atoms with Crippen molar-refractivity contribution in [1.82, 2.24) is 20.5 Å². The van der Waals surface area contributed by atoms with Gasteiger partial charge in [0, 0.05) is 42.1 Å². The number of halogens is 2. The third kappa shape index (κ3) is 4.77. The zero-order valence-electron chi connectivity index (χ0n) is 18.0. The predicted molar refractivity (Wildman–Crippen MR) is 102 cm³/mol. The third-order valence-corrected chi connectivity index (χ3v) is 5.12. The maximum atomic E-state index is 13.0. The second-order valence-corrected chi connectivity index (χ2v) is 7.67. The van der Waals surface area contributed by atoms with Crippen molar-refractivity contribution in [1.29, 1.82) is 0 Å². The average molecular weight is 427 g/mol. The normalized spacial score (nSPS) is 18.4. The van der Waals surface area contributed by atoms with Gasteiger partial charge in [0.15, 0.2) is 22.2 Å². The Morgan fingerprint density at radius 1 is 1.38 bits per heavy atom. The first kappa shape index (κ1) is 17.0. The minimum Gasteiger partial charge on any atom is -0.612 e. The molecule has 1 aliphatic carbocycles. The number of amides is 2. The lowest BCUT2D eigenvalue weighted by Crippen LogP contribution is -2.42. The van der Waals surface area contributed by atoms with Crippen molar-refractivity contribution < 1.29 is 27.0 Å². The Kier molecular flexibility index (Phi) is 4.85. The number of carbonyl (C=O) groups is 2. The number of anilines is 3. The molecule has 29 heavy (non-hydrogen) atoms. The Bertz CT molecular complexity index is 1030. The van der Waals surface area contributed by atoms with Crippen molar-refractivity contribution in [2.45, 2.75) is 23.7 Å². The Balaban J connectivity index is 1.91. The van der Waals surface area contributed by atoms with Gasteiger partial charge in [0.25, 0.3) is 5.91 Å². The van der Waals surface area contributed by atoms with Crippen LogP contribution in [-0.2, 0) is 16.0 Å². The topological polar surface area (TPSA) is 132 Å². The summed E-state index contributed by atoms with van der Waals surface area (Å²) >= 11 is -1.46. The van der Waals surface area contributed by atoms with Crippen molar-refractivity contribution >= 4 is 40.3 Å². The molecular weight excluding hydrogens is 406 g/mol. The Labute approximate surface area is 172 Å². The molecule has 2 amide bonds. The van der Waals surface area contributed by atoms with Gasteiger partial charge in [-0.25, -0.2) is 13.8 Å². The maximum absolute atomic E-state index is 13.0. The van der Waals surface area contributed by atoms with E-state index in [4.69, 9.17) is 4.11 Å². The fraction of sp³-hybridized carbons (Fsp3) is 0.353. The highest BCUT2D eigenvalue weighted by molar-refractivity contribution is 7.90. The quantitative estimate of drug-likeness (QED) is 0.598. The van der Waals surface area contributed by atoms with Crippen molar-refractivity contribution in [3.8, 4) is 0 Å². The standard InChI is InChI=1S/C17H18F2N6O3S/c1-20-16(27)13-10(22-14-11(29(2)28)4-3-5-21-14)6-12(24-25-13)23-15(26)9-7-17(18,19)8-9/h3-6,9H,7-8H2,1-2H3,(H,20,27)(H2,21,22,23,24,26)/i1D3. The van der Waals surface area contributed by atoms with E-state index in [2.05, 4.69) is 25.8 Å². The third-order valence-electron chi connectivity index (χ3n) is 4.17. The molecule has 1 atom stereocenters. The summed E-state index contributed by atoms with van der Waals surface area (Å²) in [6.07, 6.45) is 1.64. The largest absolute Gasteiger partial charge is 0.612 e. The lowest BCUT2D eigenvalue weighted by atomic mass is 9.81. The molecule has 3 rings (SSSR count). The van der Waals surface area contributed by atoms with Gasteiger partial charge in [-0.2, -0.15) is 0 Å². The van der Waals surface area contributed by atoms with E-state index in [1.54, 1.807) is 11.4 Å². The van der Waals surface area contributed by atoms with E-state index in [9.17, 15) is 22.9 Å². The first-order chi connectivity index (χ1) is 14.8. The van der Waals surface area contributed by atoms with Crippen molar-refractivity contribution in [2.24, 2.45) is 5.92 Å². The van der Waals surface area contributed by atoms with E-state index in [-0.39, 0.29) is 22.2 Å². The molecule has 0 bridgehead atoms. The van der Waals surface area contributed by atoms with Gasteiger partial charge in [-0.05, 0) is 23.3 Å². The van der Waals surface area contributed by atoms with Crippen molar-refractivity contribution in [3.05, 3.63) is 30.1 Å². The van der Waals surface area contributed by atoms with Crippen LogP contribution in [0.5, 0.6) is 0 Å². The van der Waals surface area contributed by atoms with E-state index in [0.717, 1.165) is 0 Å². The molecule has 1 unspecified atom stereocenters. The van der Waals surface area contributed by atoms with E-state index in [0.29, 0.717) is 0 Å². The second-order valence-electron chi connectivity index (χ2n) is 6.33. The molecule has 0 saturated heterocycles. The lowest BCUT2D eigenvalue weighted by molar-refractivity contribution is -0.145. The van der Waals surface area contributed by atoms with Crippen LogP contribution in [0.25, 0.3) is 0 Å². The molecule has 0 radical (unpaired) electrons. The molecule has 0 spiro atoms. The molecule has 2 heterocycles.